The van der Waals surface area contributed by atoms with E-state index >= 15 is 0 Å². The first-order valence-corrected chi connectivity index (χ1v) is 8.52. The van der Waals surface area contributed by atoms with Crippen LogP contribution in [0.15, 0.2) is 35.9 Å². The number of benzene rings is 1. The van der Waals surface area contributed by atoms with Gasteiger partial charge in [-0.25, -0.2) is 0 Å². The fraction of sp³-hybridized carbons (Fsp3) is 0.500. The van der Waals surface area contributed by atoms with Crippen molar-refractivity contribution in [3.63, 3.8) is 0 Å². The monoisotopic (exact) mass is 315 g/mol. The van der Waals surface area contributed by atoms with E-state index in [2.05, 4.69) is 31.8 Å². The second kappa shape index (κ2) is 7.69. The van der Waals surface area contributed by atoms with Crippen LogP contribution in [0.25, 0.3) is 0 Å². The molecule has 1 aromatic carbocycles. The van der Waals surface area contributed by atoms with E-state index in [0.29, 0.717) is 12.1 Å². The molecular weight excluding hydrogens is 286 g/mol. The average Bonchev–Trinajstić information content (AvgIpc) is 2.46. The Labute approximate surface area is 139 Å². The van der Waals surface area contributed by atoms with E-state index < -0.39 is 0 Å². The van der Waals surface area contributed by atoms with Crippen LogP contribution in [0.3, 0.4) is 0 Å². The van der Waals surface area contributed by atoms with Crippen LogP contribution < -0.4 is 5.32 Å². The fourth-order valence-corrected chi connectivity index (χ4v) is 3.44. The summed E-state index contributed by atoms with van der Waals surface area (Å²) < 4.78 is 0. The number of hydrogen-bond acceptors (Lipinski definition) is 3. The fourth-order valence-electron chi connectivity index (χ4n) is 3.44. The van der Waals surface area contributed by atoms with E-state index in [1.807, 2.05) is 6.92 Å². The van der Waals surface area contributed by atoms with Gasteiger partial charge in [-0.15, -0.1) is 0 Å². The molecule has 1 aromatic rings. The van der Waals surface area contributed by atoms with Crippen LogP contribution in [0, 0.1) is 5.92 Å². The topological polar surface area (TPSA) is 52.5 Å². The minimum absolute atomic E-state index is 0.00102. The number of rotatable bonds is 6. The van der Waals surface area contributed by atoms with Gasteiger partial charge in [-0.2, -0.15) is 0 Å². The van der Waals surface area contributed by atoms with Gasteiger partial charge in [0.1, 0.15) is 11.5 Å². The number of nitrogens with one attached hydrogen (secondary N) is 1. The smallest absolute Gasteiger partial charge is 0.123 e. The van der Waals surface area contributed by atoms with E-state index in [4.69, 9.17) is 0 Å². The Hall–Kier alpha value is -1.74. The molecule has 0 heterocycles. The van der Waals surface area contributed by atoms with Gasteiger partial charge in [-0.3, -0.25) is 0 Å². The molecule has 0 saturated heterocycles. The second-order valence-corrected chi connectivity index (χ2v) is 6.75. The molecular formula is C20H29NO2. The van der Waals surface area contributed by atoms with Crippen LogP contribution in [0.1, 0.15) is 57.1 Å². The normalized spacial score (nSPS) is 21.1. The lowest BCUT2D eigenvalue weighted by Crippen LogP contribution is -2.18. The number of hydrogen-bond donors (Lipinski definition) is 3. The minimum atomic E-state index is -0.00102. The van der Waals surface area contributed by atoms with Gasteiger partial charge in [0.15, 0.2) is 0 Å². The maximum absolute atomic E-state index is 10.5. The Bertz CT molecular complexity index is 581. The molecule has 0 spiro atoms. The van der Waals surface area contributed by atoms with Crippen molar-refractivity contribution < 1.29 is 10.2 Å². The first-order chi connectivity index (χ1) is 10.9. The van der Waals surface area contributed by atoms with Gasteiger partial charge < -0.3 is 15.5 Å². The highest BCUT2D eigenvalue weighted by atomic mass is 16.3. The molecule has 1 aliphatic rings. The molecule has 3 N–H and O–H groups in total. The van der Waals surface area contributed by atoms with E-state index in [1.165, 1.54) is 5.57 Å². The first-order valence-electron chi connectivity index (χ1n) is 8.52. The molecule has 3 nitrogen and oxygen atoms in total. The zero-order chi connectivity index (χ0) is 17.0. The zero-order valence-electron chi connectivity index (χ0n) is 14.5. The maximum Gasteiger partial charge on any atom is 0.123 e. The van der Waals surface area contributed by atoms with Crippen LogP contribution >= 0.6 is 0 Å². The molecule has 0 saturated carbocycles. The molecule has 2 atom stereocenters. The van der Waals surface area contributed by atoms with Crippen molar-refractivity contribution in [2.75, 3.05) is 6.54 Å². The van der Waals surface area contributed by atoms with Crippen molar-refractivity contribution in [1.29, 1.82) is 0 Å². The van der Waals surface area contributed by atoms with Gasteiger partial charge >= 0.3 is 0 Å². The van der Waals surface area contributed by atoms with Crippen molar-refractivity contribution >= 4 is 0 Å². The van der Waals surface area contributed by atoms with Crippen LogP contribution in [-0.2, 0) is 6.54 Å². The summed E-state index contributed by atoms with van der Waals surface area (Å²) in [5.41, 5.74) is 3.95. The molecule has 0 amide bonds. The molecule has 126 valence electrons. The van der Waals surface area contributed by atoms with Crippen LogP contribution in [0.4, 0.5) is 0 Å². The summed E-state index contributed by atoms with van der Waals surface area (Å²) in [6.45, 7) is 11.9. The standard InChI is InChI=1S/C20H29NO2/c1-5-8-21-12-15-10-18(22)20(19(23)11-15)17-9-14(4)6-7-16(17)13(2)3/h9-11,16-17,21-23H,2,5-8,12H2,1,3-4H3/t16-,17+/m0/s1. The highest BCUT2D eigenvalue weighted by Gasteiger charge is 2.30. The van der Waals surface area contributed by atoms with E-state index in [1.54, 1.807) is 12.1 Å². The van der Waals surface area contributed by atoms with E-state index in [-0.39, 0.29) is 23.3 Å². The molecule has 0 bridgehead atoms. The Balaban J connectivity index is 2.34. The van der Waals surface area contributed by atoms with Crippen molar-refractivity contribution in [2.45, 2.75) is 52.5 Å². The third-order valence-corrected chi connectivity index (χ3v) is 4.67. The molecule has 1 aliphatic carbocycles. The zero-order valence-corrected chi connectivity index (χ0v) is 14.5. The summed E-state index contributed by atoms with van der Waals surface area (Å²) in [5.74, 6) is 0.625. The predicted molar refractivity (Wildman–Crippen MR) is 95.8 cm³/mol. The van der Waals surface area contributed by atoms with Gasteiger partial charge in [0.25, 0.3) is 0 Å². The average molecular weight is 315 g/mol. The summed E-state index contributed by atoms with van der Waals surface area (Å²) >= 11 is 0. The summed E-state index contributed by atoms with van der Waals surface area (Å²) in [7, 11) is 0. The highest BCUT2D eigenvalue weighted by Crippen LogP contribution is 2.46. The van der Waals surface area contributed by atoms with Crippen molar-refractivity contribution in [2.24, 2.45) is 5.92 Å². The Morgan fingerprint density at radius 1 is 1.30 bits per heavy atom. The second-order valence-electron chi connectivity index (χ2n) is 6.75. The van der Waals surface area contributed by atoms with Gasteiger partial charge in [0.05, 0.1) is 0 Å². The number of phenols is 2. The predicted octanol–water partition coefficient (Wildman–Crippen LogP) is 4.61. The van der Waals surface area contributed by atoms with Gasteiger partial charge in [-0.05, 0) is 63.3 Å². The summed E-state index contributed by atoms with van der Waals surface area (Å²) in [4.78, 5) is 0. The molecule has 0 unspecified atom stereocenters. The van der Waals surface area contributed by atoms with E-state index in [9.17, 15) is 10.2 Å². The molecule has 2 rings (SSSR count). The highest BCUT2D eigenvalue weighted by molar-refractivity contribution is 5.51. The summed E-state index contributed by atoms with van der Waals surface area (Å²) in [6.07, 6.45) is 5.30. The van der Waals surface area contributed by atoms with Crippen LogP contribution in [0.5, 0.6) is 11.5 Å². The Kier molecular flexibility index (Phi) is 5.89. The van der Waals surface area contributed by atoms with Gasteiger partial charge in [0.2, 0.25) is 0 Å². The SMILES string of the molecule is C=C(C)[C@@H]1CCC(C)=C[C@H]1c1c(O)cc(CNCCC)cc1O. The van der Waals surface area contributed by atoms with Crippen LogP contribution in [0.2, 0.25) is 0 Å². The quantitative estimate of drug-likeness (QED) is 0.530. The molecule has 0 aromatic heterocycles. The third kappa shape index (κ3) is 4.17. The van der Waals surface area contributed by atoms with Crippen molar-refractivity contribution in [3.05, 3.63) is 47.1 Å². The Morgan fingerprint density at radius 3 is 2.52 bits per heavy atom. The summed E-state index contributed by atoms with van der Waals surface area (Å²) in [5, 5.41) is 24.3. The summed E-state index contributed by atoms with van der Waals surface area (Å²) in [6, 6.07) is 3.54. The lowest BCUT2D eigenvalue weighted by atomic mass is 9.73. The van der Waals surface area contributed by atoms with Gasteiger partial charge in [-0.1, -0.05) is 30.7 Å². The number of allylic oxidation sites excluding steroid dienone is 3. The lowest BCUT2D eigenvalue weighted by Gasteiger charge is -2.31. The van der Waals surface area contributed by atoms with Crippen LogP contribution in [-0.4, -0.2) is 16.8 Å². The largest absolute Gasteiger partial charge is 0.507 e. The first kappa shape index (κ1) is 17.6. The molecule has 23 heavy (non-hydrogen) atoms. The maximum atomic E-state index is 10.5. The molecule has 3 heteroatoms. The molecule has 0 aliphatic heterocycles. The lowest BCUT2D eigenvalue weighted by molar-refractivity contribution is 0.405. The van der Waals surface area contributed by atoms with E-state index in [0.717, 1.165) is 36.9 Å². The minimum Gasteiger partial charge on any atom is -0.507 e. The third-order valence-electron chi connectivity index (χ3n) is 4.67. The van der Waals surface area contributed by atoms with Gasteiger partial charge in [0, 0.05) is 18.0 Å². The number of phenolic OH excluding ortho intramolecular Hbond substituents is 2. The molecule has 0 radical (unpaired) electrons. The Morgan fingerprint density at radius 2 is 1.96 bits per heavy atom. The molecule has 0 fully saturated rings. The van der Waals surface area contributed by atoms with Crippen molar-refractivity contribution in [1.82, 2.24) is 5.32 Å². The number of aromatic hydroxyl groups is 2. The van der Waals surface area contributed by atoms with Crippen molar-refractivity contribution in [3.8, 4) is 11.5 Å².